The summed E-state index contributed by atoms with van der Waals surface area (Å²) < 4.78 is 24.3. The second-order valence-corrected chi connectivity index (χ2v) is 7.42. The summed E-state index contributed by atoms with van der Waals surface area (Å²) in [5.41, 5.74) is 0.634. The Hall–Kier alpha value is -3.39. The standard InChI is InChI=1S/C23H25FN2O5/c1-25(2)11-12-26-20(14-5-8-16(30-3)9-6-14)19(22(28)23(26)29)21(27)15-7-10-18(31-4)17(24)13-15/h5-10,13,20,27H,11-12H2,1-4H3/b21-19+/t20-/m0/s1. The highest BCUT2D eigenvalue weighted by Crippen LogP contribution is 2.40. The summed E-state index contributed by atoms with van der Waals surface area (Å²) in [4.78, 5) is 29.1. The first-order valence-corrected chi connectivity index (χ1v) is 9.69. The van der Waals surface area contributed by atoms with E-state index >= 15 is 0 Å². The first-order valence-electron chi connectivity index (χ1n) is 9.69. The number of ether oxygens (including phenoxy) is 2. The molecule has 1 aliphatic heterocycles. The number of nitrogens with zero attached hydrogens (tertiary/aromatic N) is 2. The minimum absolute atomic E-state index is 0.00897. The summed E-state index contributed by atoms with van der Waals surface area (Å²) in [5.74, 6) is -2.02. The number of Topliss-reactive ketones (excluding diaryl/α,β-unsaturated/α-hetero) is 1. The number of halogens is 1. The van der Waals surface area contributed by atoms with Crippen LogP contribution >= 0.6 is 0 Å². The van der Waals surface area contributed by atoms with E-state index in [1.165, 1.54) is 31.3 Å². The van der Waals surface area contributed by atoms with Crippen molar-refractivity contribution in [2.75, 3.05) is 41.4 Å². The molecule has 1 amide bonds. The fourth-order valence-electron chi connectivity index (χ4n) is 3.52. The zero-order chi connectivity index (χ0) is 22.7. The van der Waals surface area contributed by atoms with Gasteiger partial charge < -0.3 is 24.4 Å². The van der Waals surface area contributed by atoms with E-state index in [1.54, 1.807) is 24.3 Å². The zero-order valence-electron chi connectivity index (χ0n) is 17.9. The molecule has 8 heteroatoms. The molecule has 1 fully saturated rings. The van der Waals surface area contributed by atoms with E-state index in [0.717, 1.165) is 6.07 Å². The number of aliphatic hydroxyl groups excluding tert-OH is 1. The van der Waals surface area contributed by atoms with Crippen molar-refractivity contribution in [3.05, 3.63) is 65.0 Å². The van der Waals surface area contributed by atoms with E-state index in [9.17, 15) is 19.1 Å². The molecule has 0 bridgehead atoms. The van der Waals surface area contributed by atoms with E-state index < -0.39 is 29.3 Å². The molecule has 0 aliphatic carbocycles. The second kappa shape index (κ2) is 9.18. The lowest BCUT2D eigenvalue weighted by Crippen LogP contribution is -2.35. The third-order valence-electron chi connectivity index (χ3n) is 5.18. The lowest BCUT2D eigenvalue weighted by molar-refractivity contribution is -0.140. The lowest BCUT2D eigenvalue weighted by atomic mass is 9.95. The molecular weight excluding hydrogens is 403 g/mol. The minimum atomic E-state index is -0.812. The highest BCUT2D eigenvalue weighted by molar-refractivity contribution is 6.46. The van der Waals surface area contributed by atoms with E-state index in [4.69, 9.17) is 9.47 Å². The summed E-state index contributed by atoms with van der Waals surface area (Å²) in [6, 6.07) is 9.97. The van der Waals surface area contributed by atoms with Gasteiger partial charge in [-0.25, -0.2) is 4.39 Å². The highest BCUT2D eigenvalue weighted by atomic mass is 19.1. The average Bonchev–Trinajstić information content (AvgIpc) is 3.01. The summed E-state index contributed by atoms with van der Waals surface area (Å²) >= 11 is 0. The Morgan fingerprint density at radius 2 is 1.77 bits per heavy atom. The number of methoxy groups -OCH3 is 2. The zero-order valence-corrected chi connectivity index (χ0v) is 17.9. The number of likely N-dealkylation sites (N-methyl/N-ethyl adjacent to an activating group) is 1. The van der Waals surface area contributed by atoms with Crippen LogP contribution in [0.2, 0.25) is 0 Å². The van der Waals surface area contributed by atoms with Crippen molar-refractivity contribution in [1.29, 1.82) is 0 Å². The molecule has 0 aromatic heterocycles. The smallest absolute Gasteiger partial charge is 0.295 e. The van der Waals surface area contributed by atoms with Crippen molar-refractivity contribution < 1.29 is 28.6 Å². The molecule has 0 spiro atoms. The van der Waals surface area contributed by atoms with Crippen LogP contribution in [0.5, 0.6) is 11.5 Å². The summed E-state index contributed by atoms with van der Waals surface area (Å²) in [6.07, 6.45) is 0. The van der Waals surface area contributed by atoms with Gasteiger partial charge in [0.1, 0.15) is 11.5 Å². The maximum absolute atomic E-state index is 14.2. The lowest BCUT2D eigenvalue weighted by Gasteiger charge is -2.26. The van der Waals surface area contributed by atoms with Gasteiger partial charge in [-0.05, 0) is 50.0 Å². The van der Waals surface area contributed by atoms with E-state index in [-0.39, 0.29) is 23.4 Å². The number of aliphatic hydroxyl groups is 1. The SMILES string of the molecule is COc1ccc([C@H]2/C(=C(\O)c3ccc(OC)c(F)c3)C(=O)C(=O)N2CCN(C)C)cc1. The van der Waals surface area contributed by atoms with Gasteiger partial charge in [-0.3, -0.25) is 9.59 Å². The third-order valence-corrected chi connectivity index (χ3v) is 5.18. The number of carbonyl (C=O) groups is 2. The predicted octanol–water partition coefficient (Wildman–Crippen LogP) is 2.83. The van der Waals surface area contributed by atoms with E-state index in [0.29, 0.717) is 17.9 Å². The van der Waals surface area contributed by atoms with Gasteiger partial charge in [0.25, 0.3) is 11.7 Å². The Labute approximate surface area is 180 Å². The van der Waals surface area contributed by atoms with Crippen LogP contribution in [0.15, 0.2) is 48.0 Å². The number of benzene rings is 2. The summed E-state index contributed by atoms with van der Waals surface area (Å²) in [5, 5.41) is 11.0. The largest absolute Gasteiger partial charge is 0.507 e. The van der Waals surface area contributed by atoms with E-state index in [2.05, 4.69) is 0 Å². The molecule has 31 heavy (non-hydrogen) atoms. The van der Waals surface area contributed by atoms with Crippen LogP contribution in [-0.4, -0.2) is 68.0 Å². The quantitative estimate of drug-likeness (QED) is 0.415. The first kappa shape index (κ1) is 22.3. The molecule has 1 heterocycles. The summed E-state index contributed by atoms with van der Waals surface area (Å²) in [6.45, 7) is 0.804. The molecule has 7 nitrogen and oxygen atoms in total. The van der Waals surface area contributed by atoms with Crippen molar-refractivity contribution >= 4 is 17.4 Å². The molecule has 2 aromatic rings. The summed E-state index contributed by atoms with van der Waals surface area (Å²) in [7, 11) is 6.59. The number of likely N-dealkylation sites (tertiary alicyclic amines) is 1. The van der Waals surface area contributed by atoms with Crippen LogP contribution in [0.1, 0.15) is 17.2 Å². The van der Waals surface area contributed by atoms with Gasteiger partial charge in [0.2, 0.25) is 0 Å². The van der Waals surface area contributed by atoms with Crippen LogP contribution < -0.4 is 9.47 Å². The van der Waals surface area contributed by atoms with Crippen LogP contribution in [0.3, 0.4) is 0 Å². The molecule has 1 atom stereocenters. The number of ketones is 1. The van der Waals surface area contributed by atoms with Crippen LogP contribution in [0, 0.1) is 5.82 Å². The molecule has 0 saturated carbocycles. The Morgan fingerprint density at radius 1 is 1.10 bits per heavy atom. The Bertz CT molecular complexity index is 1020. The Kier molecular flexibility index (Phi) is 6.60. The molecule has 0 unspecified atom stereocenters. The van der Waals surface area contributed by atoms with Gasteiger partial charge in [0, 0.05) is 18.7 Å². The molecule has 1 saturated heterocycles. The van der Waals surface area contributed by atoms with Gasteiger partial charge in [-0.15, -0.1) is 0 Å². The predicted molar refractivity (Wildman–Crippen MR) is 114 cm³/mol. The van der Waals surface area contributed by atoms with E-state index in [1.807, 2.05) is 19.0 Å². The third kappa shape index (κ3) is 4.39. The molecule has 1 N–H and O–H groups in total. The topological polar surface area (TPSA) is 79.3 Å². The van der Waals surface area contributed by atoms with Crippen LogP contribution in [0.4, 0.5) is 4.39 Å². The number of hydrogen-bond donors (Lipinski definition) is 1. The average molecular weight is 428 g/mol. The first-order chi connectivity index (χ1) is 14.8. The monoisotopic (exact) mass is 428 g/mol. The number of amides is 1. The highest BCUT2D eigenvalue weighted by Gasteiger charge is 2.45. The van der Waals surface area contributed by atoms with Gasteiger partial charge in [0.05, 0.1) is 25.8 Å². The van der Waals surface area contributed by atoms with Crippen molar-refractivity contribution in [3.63, 3.8) is 0 Å². The van der Waals surface area contributed by atoms with Crippen molar-refractivity contribution in [1.82, 2.24) is 9.80 Å². The molecule has 1 aliphatic rings. The molecule has 2 aromatic carbocycles. The second-order valence-electron chi connectivity index (χ2n) is 7.42. The maximum atomic E-state index is 14.2. The van der Waals surface area contributed by atoms with Gasteiger partial charge in [0.15, 0.2) is 11.6 Å². The van der Waals surface area contributed by atoms with Gasteiger partial charge >= 0.3 is 0 Å². The van der Waals surface area contributed by atoms with Crippen molar-refractivity contribution in [3.8, 4) is 11.5 Å². The Morgan fingerprint density at radius 3 is 2.32 bits per heavy atom. The van der Waals surface area contributed by atoms with Crippen LogP contribution in [-0.2, 0) is 9.59 Å². The maximum Gasteiger partial charge on any atom is 0.295 e. The van der Waals surface area contributed by atoms with Crippen molar-refractivity contribution in [2.45, 2.75) is 6.04 Å². The fourth-order valence-corrected chi connectivity index (χ4v) is 3.52. The Balaban J connectivity index is 2.14. The minimum Gasteiger partial charge on any atom is -0.507 e. The molecule has 0 radical (unpaired) electrons. The normalized spacial score (nSPS) is 18.0. The molecular formula is C23H25FN2O5. The van der Waals surface area contributed by atoms with Gasteiger partial charge in [-0.2, -0.15) is 0 Å². The molecule has 164 valence electrons. The van der Waals surface area contributed by atoms with Crippen molar-refractivity contribution in [2.24, 2.45) is 0 Å². The number of carbonyl (C=O) groups excluding carboxylic acids is 2. The number of rotatable bonds is 7. The van der Waals surface area contributed by atoms with Gasteiger partial charge in [-0.1, -0.05) is 12.1 Å². The molecule has 3 rings (SSSR count). The number of hydrogen-bond acceptors (Lipinski definition) is 6. The van der Waals surface area contributed by atoms with Crippen LogP contribution in [0.25, 0.3) is 5.76 Å². The fraction of sp³-hybridized carbons (Fsp3) is 0.304.